The predicted molar refractivity (Wildman–Crippen MR) is 97.9 cm³/mol. The van der Waals surface area contributed by atoms with Gasteiger partial charge in [-0.15, -0.1) is 0 Å². The molecule has 0 aliphatic carbocycles. The van der Waals surface area contributed by atoms with Gasteiger partial charge in [-0.2, -0.15) is 4.98 Å². The SMILES string of the molecule is Cc1ccc(C(=O)N2CCN(c3nc4ccccc4o3)C(C)C2)cc1. The molecule has 4 rings (SSSR count). The van der Waals surface area contributed by atoms with Crippen LogP contribution in [0.5, 0.6) is 0 Å². The first-order chi connectivity index (χ1) is 12.1. The molecule has 0 N–H and O–H groups in total. The largest absolute Gasteiger partial charge is 0.423 e. The highest BCUT2D eigenvalue weighted by Gasteiger charge is 2.29. The summed E-state index contributed by atoms with van der Waals surface area (Å²) in [6.07, 6.45) is 0. The number of hydrogen-bond acceptors (Lipinski definition) is 4. The zero-order valence-corrected chi connectivity index (χ0v) is 14.5. The van der Waals surface area contributed by atoms with Crippen molar-refractivity contribution in [2.45, 2.75) is 19.9 Å². The fraction of sp³-hybridized carbons (Fsp3) is 0.300. The van der Waals surface area contributed by atoms with E-state index in [4.69, 9.17) is 4.42 Å². The lowest BCUT2D eigenvalue weighted by Crippen LogP contribution is -2.53. The molecule has 3 aromatic rings. The van der Waals surface area contributed by atoms with Crippen molar-refractivity contribution in [1.29, 1.82) is 0 Å². The van der Waals surface area contributed by atoms with Crippen LogP contribution < -0.4 is 4.90 Å². The molecular formula is C20H21N3O2. The van der Waals surface area contributed by atoms with Gasteiger partial charge in [0.1, 0.15) is 5.52 Å². The van der Waals surface area contributed by atoms with Crippen LogP contribution in [-0.4, -0.2) is 41.5 Å². The summed E-state index contributed by atoms with van der Waals surface area (Å²) < 4.78 is 5.88. The number of amides is 1. The number of aromatic nitrogens is 1. The average Bonchev–Trinajstić information content (AvgIpc) is 3.05. The monoisotopic (exact) mass is 335 g/mol. The van der Waals surface area contributed by atoms with Crippen molar-refractivity contribution in [2.75, 3.05) is 24.5 Å². The third kappa shape index (κ3) is 2.97. The molecule has 1 aromatic heterocycles. The molecular weight excluding hydrogens is 314 g/mol. The number of aryl methyl sites for hydroxylation is 1. The Labute approximate surface area is 146 Å². The van der Waals surface area contributed by atoms with Crippen molar-refractivity contribution < 1.29 is 9.21 Å². The number of anilines is 1. The number of carbonyl (C=O) groups is 1. The molecule has 0 radical (unpaired) electrons. The summed E-state index contributed by atoms with van der Waals surface area (Å²) in [5.41, 5.74) is 3.56. The highest BCUT2D eigenvalue weighted by Crippen LogP contribution is 2.25. The van der Waals surface area contributed by atoms with Crippen LogP contribution in [0.2, 0.25) is 0 Å². The standard InChI is InChI=1S/C20H21N3O2/c1-14-7-9-16(10-8-14)19(24)22-11-12-23(15(2)13-22)20-21-17-5-3-4-6-18(17)25-20/h3-10,15H,11-13H2,1-2H3. The van der Waals surface area contributed by atoms with Gasteiger partial charge in [-0.05, 0) is 38.1 Å². The Balaban J connectivity index is 1.50. The number of carbonyl (C=O) groups excluding carboxylic acids is 1. The lowest BCUT2D eigenvalue weighted by atomic mass is 10.1. The number of para-hydroxylation sites is 2. The molecule has 25 heavy (non-hydrogen) atoms. The molecule has 1 saturated heterocycles. The molecule has 0 saturated carbocycles. The van der Waals surface area contributed by atoms with E-state index in [1.54, 1.807) is 0 Å². The lowest BCUT2D eigenvalue weighted by Gasteiger charge is -2.39. The zero-order chi connectivity index (χ0) is 17.4. The van der Waals surface area contributed by atoms with Gasteiger partial charge in [0.25, 0.3) is 11.9 Å². The summed E-state index contributed by atoms with van der Waals surface area (Å²) >= 11 is 0. The molecule has 5 heteroatoms. The Hall–Kier alpha value is -2.82. The van der Waals surface area contributed by atoms with Gasteiger partial charge in [0.15, 0.2) is 5.58 Å². The predicted octanol–water partition coefficient (Wildman–Crippen LogP) is 3.49. The molecule has 1 fully saturated rings. The van der Waals surface area contributed by atoms with E-state index in [1.165, 1.54) is 0 Å². The van der Waals surface area contributed by atoms with Gasteiger partial charge in [-0.3, -0.25) is 4.79 Å². The maximum atomic E-state index is 12.7. The molecule has 1 unspecified atom stereocenters. The van der Waals surface area contributed by atoms with Gasteiger partial charge in [0.2, 0.25) is 0 Å². The summed E-state index contributed by atoms with van der Waals surface area (Å²) in [6.45, 7) is 6.16. The zero-order valence-electron chi connectivity index (χ0n) is 14.5. The Kier molecular flexibility index (Phi) is 3.92. The molecule has 5 nitrogen and oxygen atoms in total. The molecule has 1 aliphatic rings. The van der Waals surface area contributed by atoms with Crippen LogP contribution in [0.25, 0.3) is 11.1 Å². The molecule has 128 valence electrons. The summed E-state index contributed by atoms with van der Waals surface area (Å²) in [6, 6.07) is 16.3. The number of rotatable bonds is 2. The van der Waals surface area contributed by atoms with Gasteiger partial charge < -0.3 is 14.2 Å². The van der Waals surface area contributed by atoms with Crippen molar-refractivity contribution in [3.05, 3.63) is 59.7 Å². The highest BCUT2D eigenvalue weighted by molar-refractivity contribution is 5.94. The van der Waals surface area contributed by atoms with E-state index in [-0.39, 0.29) is 11.9 Å². The van der Waals surface area contributed by atoms with E-state index in [9.17, 15) is 4.79 Å². The Morgan fingerprint density at radius 2 is 1.88 bits per heavy atom. The first-order valence-electron chi connectivity index (χ1n) is 8.60. The second kappa shape index (κ2) is 6.24. The molecule has 0 bridgehead atoms. The maximum Gasteiger partial charge on any atom is 0.298 e. The van der Waals surface area contributed by atoms with Gasteiger partial charge in [0.05, 0.1) is 0 Å². The van der Waals surface area contributed by atoms with Crippen LogP contribution >= 0.6 is 0 Å². The Morgan fingerprint density at radius 3 is 2.60 bits per heavy atom. The van der Waals surface area contributed by atoms with Gasteiger partial charge in [0, 0.05) is 31.2 Å². The summed E-state index contributed by atoms with van der Waals surface area (Å²) in [5, 5.41) is 0. The molecule has 0 spiro atoms. The van der Waals surface area contributed by atoms with Crippen LogP contribution in [0.4, 0.5) is 6.01 Å². The van der Waals surface area contributed by atoms with Crippen LogP contribution in [0.15, 0.2) is 52.9 Å². The van der Waals surface area contributed by atoms with E-state index in [0.29, 0.717) is 25.6 Å². The minimum atomic E-state index is 0.0871. The minimum absolute atomic E-state index is 0.0871. The Morgan fingerprint density at radius 1 is 1.12 bits per heavy atom. The molecule has 1 amide bonds. The summed E-state index contributed by atoms with van der Waals surface area (Å²) in [4.78, 5) is 21.3. The van der Waals surface area contributed by atoms with E-state index in [0.717, 1.165) is 22.2 Å². The van der Waals surface area contributed by atoms with Crippen LogP contribution in [-0.2, 0) is 0 Å². The fourth-order valence-electron chi connectivity index (χ4n) is 3.29. The Bertz CT molecular complexity index is 868. The quantitative estimate of drug-likeness (QED) is 0.719. The van der Waals surface area contributed by atoms with Crippen LogP contribution in [0.3, 0.4) is 0 Å². The van der Waals surface area contributed by atoms with Crippen molar-refractivity contribution in [3.8, 4) is 0 Å². The summed E-state index contributed by atoms with van der Waals surface area (Å²) in [5.74, 6) is 0.0871. The van der Waals surface area contributed by atoms with Crippen molar-refractivity contribution in [1.82, 2.24) is 9.88 Å². The molecule has 1 atom stereocenters. The number of nitrogens with zero attached hydrogens (tertiary/aromatic N) is 3. The first-order valence-corrected chi connectivity index (χ1v) is 8.60. The fourth-order valence-corrected chi connectivity index (χ4v) is 3.29. The normalized spacial score (nSPS) is 17.9. The number of piperazine rings is 1. The van der Waals surface area contributed by atoms with Gasteiger partial charge in [-0.1, -0.05) is 29.8 Å². The maximum absolute atomic E-state index is 12.7. The number of hydrogen-bond donors (Lipinski definition) is 0. The average molecular weight is 335 g/mol. The van der Waals surface area contributed by atoms with Gasteiger partial charge >= 0.3 is 0 Å². The van der Waals surface area contributed by atoms with E-state index < -0.39 is 0 Å². The third-order valence-electron chi connectivity index (χ3n) is 4.74. The lowest BCUT2D eigenvalue weighted by molar-refractivity contribution is 0.0724. The van der Waals surface area contributed by atoms with Crippen molar-refractivity contribution in [3.63, 3.8) is 0 Å². The molecule has 1 aliphatic heterocycles. The second-order valence-electron chi connectivity index (χ2n) is 6.62. The van der Waals surface area contributed by atoms with Crippen LogP contribution in [0.1, 0.15) is 22.8 Å². The minimum Gasteiger partial charge on any atom is -0.423 e. The van der Waals surface area contributed by atoms with E-state index >= 15 is 0 Å². The molecule has 2 heterocycles. The van der Waals surface area contributed by atoms with Crippen molar-refractivity contribution in [2.24, 2.45) is 0 Å². The smallest absolute Gasteiger partial charge is 0.298 e. The first kappa shape index (κ1) is 15.7. The van der Waals surface area contributed by atoms with E-state index in [2.05, 4.69) is 16.8 Å². The molecule has 2 aromatic carbocycles. The van der Waals surface area contributed by atoms with E-state index in [1.807, 2.05) is 60.4 Å². The topological polar surface area (TPSA) is 49.6 Å². The summed E-state index contributed by atoms with van der Waals surface area (Å²) in [7, 11) is 0. The number of fused-ring (bicyclic) bond motifs is 1. The van der Waals surface area contributed by atoms with Crippen LogP contribution in [0, 0.1) is 6.92 Å². The second-order valence-corrected chi connectivity index (χ2v) is 6.62. The number of oxazole rings is 1. The third-order valence-corrected chi connectivity index (χ3v) is 4.74. The van der Waals surface area contributed by atoms with Crippen molar-refractivity contribution >= 4 is 23.0 Å². The van der Waals surface area contributed by atoms with Gasteiger partial charge in [-0.25, -0.2) is 0 Å². The number of benzene rings is 2. The highest BCUT2D eigenvalue weighted by atomic mass is 16.4.